The lowest BCUT2D eigenvalue weighted by Gasteiger charge is -2.22. The second-order valence-corrected chi connectivity index (χ2v) is 8.65. The Hall–Kier alpha value is 0.274. The van der Waals surface area contributed by atoms with E-state index in [0.29, 0.717) is 0 Å². The molecular weight excluding hydrogens is 168 g/mol. The molecule has 0 aliphatic rings. The lowest BCUT2D eigenvalue weighted by Crippen LogP contribution is -2.50. The van der Waals surface area contributed by atoms with Crippen LogP contribution < -0.4 is 0 Å². The molecule has 0 heterocycles. The lowest BCUT2D eigenvalue weighted by atomic mass is 11.8. The summed E-state index contributed by atoms with van der Waals surface area (Å²) in [5, 5.41) is 0. The first-order valence-corrected chi connectivity index (χ1v) is 7.52. The lowest BCUT2D eigenvalue weighted by molar-refractivity contribution is 0.142. The van der Waals surface area contributed by atoms with Gasteiger partial charge in [-0.2, -0.15) is 0 Å². The molecule has 0 aromatic carbocycles. The maximum absolute atomic E-state index is 5.11. The van der Waals surface area contributed by atoms with Crippen LogP contribution in [0.15, 0.2) is 0 Å². The summed E-state index contributed by atoms with van der Waals surface area (Å²) in [6.45, 7) is 0. The fourth-order valence-electron chi connectivity index (χ4n) is 0.604. The molecule has 4 nitrogen and oxygen atoms in total. The molecule has 0 saturated heterocycles. The SMILES string of the molecule is CO[SiH2][Si](OC)(OC)OC. The van der Waals surface area contributed by atoms with Gasteiger partial charge < -0.3 is 17.7 Å². The second-order valence-electron chi connectivity index (χ2n) is 1.73. The first-order valence-electron chi connectivity index (χ1n) is 2.89. The molecule has 0 saturated carbocycles. The van der Waals surface area contributed by atoms with Gasteiger partial charge >= 0.3 is 8.32 Å². The van der Waals surface area contributed by atoms with Gasteiger partial charge in [-0.05, 0) is 0 Å². The van der Waals surface area contributed by atoms with Crippen molar-refractivity contribution in [3.05, 3.63) is 0 Å². The third-order valence-corrected chi connectivity index (χ3v) is 8.29. The largest absolute Gasteiger partial charge is 0.494 e. The summed E-state index contributed by atoms with van der Waals surface area (Å²) in [6, 6.07) is 0. The van der Waals surface area contributed by atoms with Gasteiger partial charge in [0.25, 0.3) is 9.28 Å². The van der Waals surface area contributed by atoms with E-state index in [2.05, 4.69) is 0 Å². The highest BCUT2D eigenvalue weighted by atomic mass is 29.2. The fraction of sp³-hybridized carbons (Fsp3) is 1.00. The fourth-order valence-corrected chi connectivity index (χ4v) is 3.93. The maximum atomic E-state index is 5.11. The van der Waals surface area contributed by atoms with E-state index in [1.165, 1.54) is 0 Å². The van der Waals surface area contributed by atoms with Crippen LogP contribution in [0.1, 0.15) is 0 Å². The summed E-state index contributed by atoms with van der Waals surface area (Å²) < 4.78 is 20.3. The summed E-state index contributed by atoms with van der Waals surface area (Å²) in [7, 11) is 3.31. The molecule has 0 aliphatic heterocycles. The van der Waals surface area contributed by atoms with Gasteiger partial charge in [-0.25, -0.2) is 0 Å². The Balaban J connectivity index is 3.87. The van der Waals surface area contributed by atoms with Gasteiger partial charge in [0.2, 0.25) is 0 Å². The molecule has 0 unspecified atom stereocenters. The molecule has 0 radical (unpaired) electrons. The van der Waals surface area contributed by atoms with Gasteiger partial charge in [-0.1, -0.05) is 0 Å². The Morgan fingerprint density at radius 3 is 1.40 bits per heavy atom. The van der Waals surface area contributed by atoms with E-state index < -0.39 is 17.6 Å². The predicted octanol–water partition coefficient (Wildman–Crippen LogP) is -0.909. The van der Waals surface area contributed by atoms with E-state index in [1.807, 2.05) is 0 Å². The van der Waals surface area contributed by atoms with E-state index >= 15 is 0 Å². The predicted molar refractivity (Wildman–Crippen MR) is 42.3 cm³/mol. The van der Waals surface area contributed by atoms with E-state index in [1.54, 1.807) is 28.4 Å². The van der Waals surface area contributed by atoms with E-state index in [9.17, 15) is 0 Å². The molecule has 62 valence electrons. The van der Waals surface area contributed by atoms with Crippen molar-refractivity contribution < 1.29 is 17.7 Å². The van der Waals surface area contributed by atoms with Crippen LogP contribution in [0.5, 0.6) is 0 Å². The molecule has 0 rings (SSSR count). The summed E-state index contributed by atoms with van der Waals surface area (Å²) in [6.07, 6.45) is 0. The molecule has 0 spiro atoms. The molecule has 0 aromatic heterocycles. The van der Waals surface area contributed by atoms with Crippen LogP contribution in [0.2, 0.25) is 0 Å². The molecule has 10 heavy (non-hydrogen) atoms. The minimum absolute atomic E-state index is 0.799. The summed E-state index contributed by atoms with van der Waals surface area (Å²) in [4.78, 5) is 0. The van der Waals surface area contributed by atoms with Gasteiger partial charge in [0.15, 0.2) is 0 Å². The highest BCUT2D eigenvalue weighted by Gasteiger charge is 2.38. The van der Waals surface area contributed by atoms with Gasteiger partial charge in [-0.15, -0.1) is 0 Å². The average molecular weight is 182 g/mol. The van der Waals surface area contributed by atoms with E-state index in [0.717, 1.165) is 0 Å². The zero-order valence-corrected chi connectivity index (χ0v) is 9.25. The van der Waals surface area contributed by atoms with E-state index in [4.69, 9.17) is 17.7 Å². The number of hydrogen-bond acceptors (Lipinski definition) is 4. The Labute approximate surface area is 64.5 Å². The Kier molecular flexibility index (Phi) is 5.13. The van der Waals surface area contributed by atoms with Crippen molar-refractivity contribution in [1.29, 1.82) is 0 Å². The van der Waals surface area contributed by atoms with Crippen LogP contribution in [0, 0.1) is 0 Å². The third-order valence-electron chi connectivity index (χ3n) is 1.25. The van der Waals surface area contributed by atoms with Crippen LogP contribution in [0.25, 0.3) is 0 Å². The Morgan fingerprint density at radius 1 is 0.900 bits per heavy atom. The van der Waals surface area contributed by atoms with Crippen molar-refractivity contribution in [3.8, 4) is 0 Å². The molecular formula is C4H14O4Si2. The first-order chi connectivity index (χ1) is 4.74. The number of hydrogen-bond donors (Lipinski definition) is 0. The van der Waals surface area contributed by atoms with Gasteiger partial charge in [0, 0.05) is 28.4 Å². The highest BCUT2D eigenvalue weighted by Crippen LogP contribution is 2.02. The molecule has 0 fully saturated rings. The minimum Gasteiger partial charge on any atom is -0.421 e. The normalized spacial score (nSPS) is 13.2. The molecule has 6 heteroatoms. The molecule has 0 bridgehead atoms. The minimum atomic E-state index is -2.30. The summed E-state index contributed by atoms with van der Waals surface area (Å²) in [5.41, 5.74) is 0. The van der Waals surface area contributed by atoms with Crippen molar-refractivity contribution in [2.75, 3.05) is 28.4 Å². The van der Waals surface area contributed by atoms with Crippen LogP contribution in [0.4, 0.5) is 0 Å². The van der Waals surface area contributed by atoms with Gasteiger partial charge in [-0.3, -0.25) is 0 Å². The van der Waals surface area contributed by atoms with Gasteiger partial charge in [0.05, 0.1) is 0 Å². The van der Waals surface area contributed by atoms with Crippen LogP contribution in [-0.4, -0.2) is 46.0 Å². The monoisotopic (exact) mass is 182 g/mol. The van der Waals surface area contributed by atoms with Crippen molar-refractivity contribution >= 4 is 17.6 Å². The quantitative estimate of drug-likeness (QED) is 0.516. The van der Waals surface area contributed by atoms with Crippen LogP contribution in [-0.2, 0) is 17.7 Å². The smallest absolute Gasteiger partial charge is 0.421 e. The molecule has 0 N–H and O–H groups in total. The third kappa shape index (κ3) is 2.48. The van der Waals surface area contributed by atoms with Gasteiger partial charge in [0.1, 0.15) is 0 Å². The topological polar surface area (TPSA) is 36.9 Å². The first kappa shape index (κ1) is 10.3. The van der Waals surface area contributed by atoms with E-state index in [-0.39, 0.29) is 0 Å². The van der Waals surface area contributed by atoms with Crippen LogP contribution >= 0.6 is 0 Å². The highest BCUT2D eigenvalue weighted by molar-refractivity contribution is 7.11. The standard InChI is InChI=1S/C4H14O4Si2/c1-5-9-10(6-2,7-3)8-4/h9H2,1-4H3. The Bertz CT molecular complexity index is 77.1. The average Bonchev–Trinajstić information content (AvgIpc) is 2.01. The number of rotatable bonds is 5. The van der Waals surface area contributed by atoms with Crippen molar-refractivity contribution in [2.45, 2.75) is 0 Å². The van der Waals surface area contributed by atoms with Crippen molar-refractivity contribution in [3.63, 3.8) is 0 Å². The summed E-state index contributed by atoms with van der Waals surface area (Å²) in [5.74, 6) is 0. The molecule has 0 amide bonds. The molecule has 0 aromatic rings. The van der Waals surface area contributed by atoms with Crippen molar-refractivity contribution in [1.82, 2.24) is 0 Å². The summed E-state index contributed by atoms with van der Waals surface area (Å²) >= 11 is 0. The zero-order valence-electron chi connectivity index (χ0n) is 6.84. The van der Waals surface area contributed by atoms with Crippen LogP contribution in [0.3, 0.4) is 0 Å². The second kappa shape index (κ2) is 4.99. The van der Waals surface area contributed by atoms with Crippen molar-refractivity contribution in [2.24, 2.45) is 0 Å². The zero-order chi connectivity index (χ0) is 8.04. The molecule has 0 aliphatic carbocycles. The maximum Gasteiger partial charge on any atom is 0.494 e. The Morgan fingerprint density at radius 2 is 1.30 bits per heavy atom. The molecule has 0 atom stereocenters.